The monoisotopic (exact) mass is 369 g/mol. The van der Waals surface area contributed by atoms with Crippen molar-refractivity contribution in [2.45, 2.75) is 66.1 Å². The van der Waals surface area contributed by atoms with Crippen LogP contribution in [-0.4, -0.2) is 34.2 Å². The van der Waals surface area contributed by atoms with Crippen molar-refractivity contribution < 1.29 is 14.1 Å². The molecule has 1 aliphatic rings. The summed E-state index contributed by atoms with van der Waals surface area (Å²) in [5.41, 5.74) is 0.470. The number of aromatic nitrogens is 2. The highest BCUT2D eigenvalue weighted by Gasteiger charge is 2.53. The number of benzene rings is 1. The first-order chi connectivity index (χ1) is 12.4. The predicted molar refractivity (Wildman–Crippen MR) is 108 cm³/mol. The van der Waals surface area contributed by atoms with Crippen molar-refractivity contribution in [1.82, 2.24) is 9.97 Å². The third kappa shape index (κ3) is 3.71. The maximum atomic E-state index is 12.1. The Balaban J connectivity index is 1.85. The van der Waals surface area contributed by atoms with Crippen LogP contribution in [0.2, 0.25) is 0 Å². The summed E-state index contributed by atoms with van der Waals surface area (Å²) in [5.74, 6) is 0.190. The van der Waals surface area contributed by atoms with Gasteiger partial charge < -0.3 is 9.31 Å². The number of amides is 1. The van der Waals surface area contributed by atoms with Gasteiger partial charge in [0.1, 0.15) is 0 Å². The Labute approximate surface area is 161 Å². The topological polar surface area (TPSA) is 73.3 Å². The van der Waals surface area contributed by atoms with Crippen molar-refractivity contribution in [2.75, 3.05) is 5.32 Å². The van der Waals surface area contributed by atoms with Gasteiger partial charge in [-0.1, -0.05) is 39.8 Å². The lowest BCUT2D eigenvalue weighted by molar-refractivity contribution is -0.123. The molecule has 1 saturated heterocycles. The van der Waals surface area contributed by atoms with E-state index in [1.165, 1.54) is 0 Å². The molecule has 2 heterocycles. The second kappa shape index (κ2) is 6.57. The van der Waals surface area contributed by atoms with Crippen LogP contribution >= 0.6 is 0 Å². The largest absolute Gasteiger partial charge is 0.494 e. The highest BCUT2D eigenvalue weighted by atomic mass is 16.7. The van der Waals surface area contributed by atoms with Crippen LogP contribution in [0.4, 0.5) is 5.95 Å². The lowest BCUT2D eigenvalue weighted by atomic mass is 9.78. The molecule has 1 unspecified atom stereocenters. The lowest BCUT2D eigenvalue weighted by Crippen LogP contribution is -2.44. The van der Waals surface area contributed by atoms with Crippen LogP contribution in [0.15, 0.2) is 24.4 Å². The van der Waals surface area contributed by atoms with E-state index in [0.717, 1.165) is 22.8 Å². The summed E-state index contributed by atoms with van der Waals surface area (Å²) >= 11 is 0. The molecule has 144 valence electrons. The van der Waals surface area contributed by atoms with Gasteiger partial charge >= 0.3 is 7.12 Å². The minimum atomic E-state index is -0.502. The molecule has 3 rings (SSSR count). The van der Waals surface area contributed by atoms with Crippen LogP contribution in [0.25, 0.3) is 10.9 Å². The zero-order chi connectivity index (χ0) is 20.0. The van der Waals surface area contributed by atoms with Gasteiger partial charge in [0.2, 0.25) is 11.9 Å². The van der Waals surface area contributed by atoms with Crippen LogP contribution in [0.3, 0.4) is 0 Å². The molecular weight excluding hydrogens is 341 g/mol. The number of hydrogen-bond donors (Lipinski definition) is 1. The predicted octanol–water partition coefficient (Wildman–Crippen LogP) is 3.30. The maximum Gasteiger partial charge on any atom is 0.494 e. The molecule has 1 atom stereocenters. The molecule has 0 saturated carbocycles. The summed E-state index contributed by atoms with van der Waals surface area (Å²) in [7, 11) is -0.422. The van der Waals surface area contributed by atoms with Gasteiger partial charge in [0.25, 0.3) is 0 Å². The number of carbonyl (C=O) groups excluding carboxylic acids is 1. The zero-order valence-corrected chi connectivity index (χ0v) is 17.2. The fourth-order valence-corrected chi connectivity index (χ4v) is 2.99. The molecule has 0 aliphatic carbocycles. The summed E-state index contributed by atoms with van der Waals surface area (Å²) < 4.78 is 12.4. The summed E-state index contributed by atoms with van der Waals surface area (Å²) in [6.07, 6.45) is 2.58. The van der Waals surface area contributed by atoms with Crippen molar-refractivity contribution in [3.8, 4) is 0 Å². The first-order valence-corrected chi connectivity index (χ1v) is 9.39. The Bertz CT molecular complexity index is 878. The first kappa shape index (κ1) is 19.8. The molecule has 1 aliphatic heterocycles. The molecule has 6 nitrogen and oxygen atoms in total. The molecule has 27 heavy (non-hydrogen) atoms. The molecule has 0 radical (unpaired) electrons. The van der Waals surface area contributed by atoms with E-state index < -0.39 is 12.5 Å². The Kier molecular flexibility index (Phi) is 4.81. The number of hydrogen-bond acceptors (Lipinski definition) is 5. The highest BCUT2D eigenvalue weighted by molar-refractivity contribution is 6.62. The van der Waals surface area contributed by atoms with E-state index in [-0.39, 0.29) is 17.1 Å². The van der Waals surface area contributed by atoms with Gasteiger partial charge in [-0.25, -0.2) is 9.97 Å². The van der Waals surface area contributed by atoms with Crippen LogP contribution in [0, 0.1) is 5.41 Å². The Morgan fingerprint density at radius 3 is 2.52 bits per heavy atom. The summed E-state index contributed by atoms with van der Waals surface area (Å²) in [4.78, 5) is 20.8. The lowest BCUT2D eigenvalue weighted by Gasteiger charge is -2.35. The third-order valence-electron chi connectivity index (χ3n) is 5.50. The summed E-state index contributed by atoms with van der Waals surface area (Å²) in [5, 5.41) is 3.63. The highest BCUT2D eigenvalue weighted by Crippen LogP contribution is 2.39. The Morgan fingerprint density at radius 2 is 1.93 bits per heavy atom. The van der Waals surface area contributed by atoms with Crippen molar-refractivity contribution in [1.29, 1.82) is 0 Å². The minimum absolute atomic E-state index is 0.118. The summed E-state index contributed by atoms with van der Waals surface area (Å²) in [6, 6.07) is 5.83. The molecular formula is C20H28BN3O3. The van der Waals surface area contributed by atoms with Gasteiger partial charge in [0, 0.05) is 17.0 Å². The van der Waals surface area contributed by atoms with E-state index in [2.05, 4.69) is 43.0 Å². The SMILES string of the molecule is CCC1(C)OB(c2ccc3nc(NC(=O)C(C)(C)C)ncc3c2)OC1(C)C. The molecule has 1 aromatic carbocycles. The van der Waals surface area contributed by atoms with E-state index in [0.29, 0.717) is 5.95 Å². The number of fused-ring (bicyclic) bond motifs is 1. The maximum absolute atomic E-state index is 12.1. The Morgan fingerprint density at radius 1 is 1.22 bits per heavy atom. The number of rotatable bonds is 3. The van der Waals surface area contributed by atoms with Crippen molar-refractivity contribution in [3.63, 3.8) is 0 Å². The molecule has 1 fully saturated rings. The third-order valence-corrected chi connectivity index (χ3v) is 5.50. The number of carbonyl (C=O) groups is 1. The van der Waals surface area contributed by atoms with E-state index >= 15 is 0 Å². The quantitative estimate of drug-likeness (QED) is 0.841. The molecule has 1 amide bonds. The van der Waals surface area contributed by atoms with Gasteiger partial charge in [-0.3, -0.25) is 10.1 Å². The average molecular weight is 369 g/mol. The van der Waals surface area contributed by atoms with Crippen molar-refractivity contribution in [3.05, 3.63) is 24.4 Å². The fourth-order valence-electron chi connectivity index (χ4n) is 2.99. The average Bonchev–Trinajstić information content (AvgIpc) is 2.83. The number of nitrogens with zero attached hydrogens (tertiary/aromatic N) is 2. The number of nitrogens with one attached hydrogen (secondary N) is 1. The normalized spacial score (nSPS) is 22.3. The second-order valence-corrected chi connectivity index (χ2v) is 8.88. The second-order valence-electron chi connectivity index (χ2n) is 8.88. The van der Waals surface area contributed by atoms with E-state index in [1.807, 2.05) is 39.0 Å². The van der Waals surface area contributed by atoms with E-state index in [9.17, 15) is 4.79 Å². The van der Waals surface area contributed by atoms with E-state index in [1.54, 1.807) is 6.20 Å². The molecule has 7 heteroatoms. The van der Waals surface area contributed by atoms with E-state index in [4.69, 9.17) is 9.31 Å². The van der Waals surface area contributed by atoms with Crippen LogP contribution in [0.1, 0.15) is 54.9 Å². The van der Waals surface area contributed by atoms with Gasteiger partial charge in [-0.05, 0) is 38.7 Å². The fraction of sp³-hybridized carbons (Fsp3) is 0.550. The smallest absolute Gasteiger partial charge is 0.399 e. The van der Waals surface area contributed by atoms with Gasteiger partial charge in [0.05, 0.1) is 16.7 Å². The molecule has 0 spiro atoms. The van der Waals surface area contributed by atoms with Crippen LogP contribution in [0.5, 0.6) is 0 Å². The van der Waals surface area contributed by atoms with Crippen LogP contribution in [-0.2, 0) is 14.1 Å². The van der Waals surface area contributed by atoms with Gasteiger partial charge in [0.15, 0.2) is 0 Å². The van der Waals surface area contributed by atoms with Crippen molar-refractivity contribution >= 4 is 35.3 Å². The molecule has 1 N–H and O–H groups in total. The zero-order valence-electron chi connectivity index (χ0n) is 17.2. The molecule has 0 bridgehead atoms. The molecule has 1 aromatic heterocycles. The molecule has 2 aromatic rings. The van der Waals surface area contributed by atoms with Crippen molar-refractivity contribution in [2.24, 2.45) is 5.41 Å². The summed E-state index contributed by atoms with van der Waals surface area (Å²) in [6.45, 7) is 13.9. The van der Waals surface area contributed by atoms with Crippen LogP contribution < -0.4 is 10.8 Å². The standard InChI is InChI=1S/C20H28BN3O3/c1-8-20(7)19(5,6)26-21(27-20)14-9-10-15-13(11-14)12-22-17(23-15)24-16(25)18(2,3)4/h9-12H,8H2,1-7H3,(H,22,23,24,25). The van der Waals surface area contributed by atoms with Gasteiger partial charge in [-0.15, -0.1) is 0 Å². The Hall–Kier alpha value is -1.99. The first-order valence-electron chi connectivity index (χ1n) is 9.39. The minimum Gasteiger partial charge on any atom is -0.399 e. The van der Waals surface area contributed by atoms with Gasteiger partial charge in [-0.2, -0.15) is 0 Å². The number of anilines is 1.